The fourth-order valence-corrected chi connectivity index (χ4v) is 9.06. The summed E-state index contributed by atoms with van der Waals surface area (Å²) in [6.45, 7) is 4.59. The molecule has 0 aromatic heterocycles. The Morgan fingerprint density at radius 1 is 1.21 bits per heavy atom. The molecule has 33 heavy (non-hydrogen) atoms. The maximum absolute atomic E-state index is 13.4. The lowest BCUT2D eigenvalue weighted by Gasteiger charge is -2.73. The highest BCUT2D eigenvalue weighted by molar-refractivity contribution is 5.76. The van der Waals surface area contributed by atoms with Crippen molar-refractivity contribution in [3.8, 4) is 11.5 Å². The predicted molar refractivity (Wildman–Crippen MR) is 122 cm³/mol. The second-order valence-electron chi connectivity index (χ2n) is 11.3. The van der Waals surface area contributed by atoms with Gasteiger partial charge < -0.3 is 18.9 Å². The average Bonchev–Trinajstić information content (AvgIpc) is 3.57. The largest absolute Gasteiger partial charge is 0.493 e. The van der Waals surface area contributed by atoms with Gasteiger partial charge in [0.05, 0.1) is 19.6 Å². The maximum atomic E-state index is 13.4. The van der Waals surface area contributed by atoms with Crippen molar-refractivity contribution in [1.82, 2.24) is 4.90 Å². The van der Waals surface area contributed by atoms with E-state index >= 15 is 0 Å². The van der Waals surface area contributed by atoms with Crippen LogP contribution in [0.15, 0.2) is 12.1 Å². The van der Waals surface area contributed by atoms with Crippen molar-refractivity contribution < 1.29 is 23.7 Å². The number of likely N-dealkylation sites (tertiary alicyclic amines) is 1. The molecule has 2 spiro atoms. The quantitative estimate of drug-likeness (QED) is 0.615. The lowest BCUT2D eigenvalue weighted by Crippen LogP contribution is -2.81. The number of fused-ring (bicyclic) bond motifs is 2. The Bertz CT molecular complexity index is 1020. The molecule has 6 nitrogen and oxygen atoms in total. The second kappa shape index (κ2) is 6.66. The van der Waals surface area contributed by atoms with Crippen LogP contribution in [0.1, 0.15) is 56.6 Å². The summed E-state index contributed by atoms with van der Waals surface area (Å²) in [4.78, 5) is 16.2. The van der Waals surface area contributed by atoms with Crippen molar-refractivity contribution in [3.05, 3.63) is 23.3 Å². The summed E-state index contributed by atoms with van der Waals surface area (Å²) in [5, 5.41) is 0. The van der Waals surface area contributed by atoms with Crippen LogP contribution in [0.4, 0.5) is 0 Å². The van der Waals surface area contributed by atoms with E-state index in [4.69, 9.17) is 18.9 Å². The molecule has 1 aromatic carbocycles. The van der Waals surface area contributed by atoms with E-state index in [1.165, 1.54) is 30.5 Å². The van der Waals surface area contributed by atoms with E-state index in [9.17, 15) is 4.79 Å². The van der Waals surface area contributed by atoms with Gasteiger partial charge in [0.25, 0.3) is 0 Å². The minimum Gasteiger partial charge on any atom is -0.493 e. The molecule has 5 fully saturated rings. The van der Waals surface area contributed by atoms with Crippen LogP contribution in [0.5, 0.6) is 11.5 Å². The molecule has 8 rings (SSSR count). The molecule has 1 saturated heterocycles. The lowest BCUT2D eigenvalue weighted by molar-refractivity contribution is -0.276. The number of esters is 1. The monoisotopic (exact) mass is 453 g/mol. The number of rotatable bonds is 6. The Morgan fingerprint density at radius 3 is 2.79 bits per heavy atom. The first kappa shape index (κ1) is 20.6. The first-order valence-corrected chi connectivity index (χ1v) is 12.9. The van der Waals surface area contributed by atoms with Crippen molar-refractivity contribution in [1.29, 1.82) is 0 Å². The molecule has 4 saturated carbocycles. The molecule has 2 heterocycles. The summed E-state index contributed by atoms with van der Waals surface area (Å²) in [5.74, 6) is 2.16. The lowest BCUT2D eigenvalue weighted by atomic mass is 9.35. The van der Waals surface area contributed by atoms with Crippen LogP contribution in [0, 0.1) is 17.3 Å². The van der Waals surface area contributed by atoms with Gasteiger partial charge in [-0.15, -0.1) is 0 Å². The summed E-state index contributed by atoms with van der Waals surface area (Å²) in [6.07, 6.45) is 7.41. The van der Waals surface area contributed by atoms with E-state index < -0.39 is 5.60 Å². The number of piperidine rings is 1. The van der Waals surface area contributed by atoms with Crippen molar-refractivity contribution in [3.63, 3.8) is 0 Å². The highest BCUT2D eigenvalue weighted by Crippen LogP contribution is 2.76. The second-order valence-corrected chi connectivity index (χ2v) is 11.3. The molecule has 7 aliphatic rings. The molecule has 6 atom stereocenters. The summed E-state index contributed by atoms with van der Waals surface area (Å²) in [5.41, 5.74) is 2.02. The standard InChI is InChI=1S/C27H35NO5/c1-4-32-23(29)18-14-25-9-10-27(18,31-3)24-26(25)11-12-28(15-16-5-6-16)20(25)13-17-7-8-19(30-2)22(33-24)21(17)26/h7-8,16,18,20,24H,4-6,9-15H2,1-3H3/t18-,20-,24-,25+,26+,27+/m1/s1. The van der Waals surface area contributed by atoms with Gasteiger partial charge in [0, 0.05) is 36.1 Å². The zero-order chi connectivity index (χ0) is 22.6. The fourth-order valence-electron chi connectivity index (χ4n) is 9.06. The Balaban J connectivity index is 1.46. The van der Waals surface area contributed by atoms with Crippen molar-refractivity contribution >= 4 is 5.97 Å². The molecule has 5 aliphatic carbocycles. The van der Waals surface area contributed by atoms with E-state index in [-0.39, 0.29) is 28.8 Å². The maximum Gasteiger partial charge on any atom is 0.312 e. The number of methoxy groups -OCH3 is 2. The third-order valence-electron chi connectivity index (χ3n) is 10.4. The number of carbonyl (C=O) groups excluding carboxylic acids is 1. The van der Waals surface area contributed by atoms with Gasteiger partial charge in [-0.1, -0.05) is 6.07 Å². The molecular formula is C27H35NO5. The summed E-state index contributed by atoms with van der Waals surface area (Å²) in [7, 11) is 3.50. The zero-order valence-corrected chi connectivity index (χ0v) is 20.0. The van der Waals surface area contributed by atoms with Crippen molar-refractivity contribution in [2.75, 3.05) is 33.9 Å². The molecule has 0 radical (unpaired) electrons. The van der Waals surface area contributed by atoms with Crippen LogP contribution in [0.25, 0.3) is 0 Å². The number of nitrogens with zero attached hydrogens (tertiary/aromatic N) is 1. The van der Waals surface area contributed by atoms with E-state index in [2.05, 4.69) is 17.0 Å². The van der Waals surface area contributed by atoms with Crippen molar-refractivity contribution in [2.45, 2.75) is 75.0 Å². The van der Waals surface area contributed by atoms with Gasteiger partial charge in [0.2, 0.25) is 0 Å². The Kier molecular flexibility index (Phi) is 4.15. The SMILES string of the molecule is CCOC(=O)[C@H]1C[C@]23CC[C@@]1(OC)[C@@H]1Oc4c(OC)ccc5c4[C@@]12CCN(CC1CC1)[C@@H]3C5. The molecule has 178 valence electrons. The van der Waals surface area contributed by atoms with Crippen LogP contribution in [-0.4, -0.2) is 62.5 Å². The average molecular weight is 454 g/mol. The number of hydrogen-bond donors (Lipinski definition) is 0. The van der Waals surface area contributed by atoms with Gasteiger partial charge in [0.1, 0.15) is 11.7 Å². The summed E-state index contributed by atoms with van der Waals surface area (Å²) < 4.78 is 24.8. The van der Waals surface area contributed by atoms with E-state index in [1.807, 2.05) is 6.92 Å². The smallest absolute Gasteiger partial charge is 0.312 e. The Morgan fingerprint density at radius 2 is 2.06 bits per heavy atom. The van der Waals surface area contributed by atoms with Gasteiger partial charge >= 0.3 is 5.97 Å². The van der Waals surface area contributed by atoms with Crippen LogP contribution in [0.2, 0.25) is 0 Å². The van der Waals surface area contributed by atoms with Crippen LogP contribution >= 0.6 is 0 Å². The fraction of sp³-hybridized carbons (Fsp3) is 0.741. The van der Waals surface area contributed by atoms with E-state index in [0.29, 0.717) is 12.6 Å². The predicted octanol–water partition coefficient (Wildman–Crippen LogP) is 3.48. The van der Waals surface area contributed by atoms with Crippen LogP contribution in [0.3, 0.4) is 0 Å². The molecule has 0 amide bonds. The molecule has 0 unspecified atom stereocenters. The van der Waals surface area contributed by atoms with Gasteiger partial charge in [0.15, 0.2) is 11.5 Å². The normalized spacial score (nSPS) is 42.0. The molecule has 0 N–H and O–H groups in total. The third-order valence-corrected chi connectivity index (χ3v) is 10.4. The van der Waals surface area contributed by atoms with E-state index in [1.54, 1.807) is 14.2 Å². The summed E-state index contributed by atoms with van der Waals surface area (Å²) >= 11 is 0. The Hall–Kier alpha value is -1.79. The third kappa shape index (κ3) is 2.26. The molecule has 2 aliphatic heterocycles. The molecule has 1 aromatic rings. The first-order chi connectivity index (χ1) is 16.0. The minimum atomic E-state index is -0.657. The molecule has 6 heteroatoms. The molecule has 4 bridgehead atoms. The molecular weight excluding hydrogens is 418 g/mol. The number of ether oxygens (including phenoxy) is 4. The van der Waals surface area contributed by atoms with Gasteiger partial charge in [-0.25, -0.2) is 0 Å². The highest BCUT2D eigenvalue weighted by atomic mass is 16.6. The Labute approximate surface area is 195 Å². The van der Waals surface area contributed by atoms with Gasteiger partial charge in [-0.3, -0.25) is 9.69 Å². The number of benzene rings is 1. The number of carbonyl (C=O) groups is 1. The minimum absolute atomic E-state index is 0.00707. The van der Waals surface area contributed by atoms with E-state index in [0.717, 1.165) is 56.1 Å². The highest BCUT2D eigenvalue weighted by Gasteiger charge is 2.81. The summed E-state index contributed by atoms with van der Waals surface area (Å²) in [6, 6.07) is 4.79. The van der Waals surface area contributed by atoms with Crippen LogP contribution < -0.4 is 9.47 Å². The van der Waals surface area contributed by atoms with Crippen molar-refractivity contribution in [2.24, 2.45) is 17.3 Å². The van der Waals surface area contributed by atoms with Gasteiger partial charge in [-0.05, 0) is 76.0 Å². The van der Waals surface area contributed by atoms with Crippen LogP contribution in [-0.2, 0) is 26.1 Å². The number of hydrogen-bond acceptors (Lipinski definition) is 6. The zero-order valence-electron chi connectivity index (χ0n) is 20.0. The van der Waals surface area contributed by atoms with Gasteiger partial charge in [-0.2, -0.15) is 0 Å². The first-order valence-electron chi connectivity index (χ1n) is 12.9. The topological polar surface area (TPSA) is 57.2 Å².